The van der Waals surface area contributed by atoms with Crippen LogP contribution in [0.25, 0.3) is 0 Å². The zero-order valence-corrected chi connectivity index (χ0v) is 33.2. The summed E-state index contributed by atoms with van der Waals surface area (Å²) in [5.41, 5.74) is 1.14. The maximum atomic E-state index is 14.3. The molecule has 1 aromatic carbocycles. The van der Waals surface area contributed by atoms with E-state index in [4.69, 9.17) is 14.2 Å². The van der Waals surface area contributed by atoms with Gasteiger partial charge in [-0.05, 0) is 43.2 Å². The van der Waals surface area contributed by atoms with Gasteiger partial charge in [0.15, 0.2) is 0 Å². The molecule has 1 fully saturated rings. The average Bonchev–Trinajstić information content (AvgIpc) is 3.54. The zero-order chi connectivity index (χ0) is 38.4. The van der Waals surface area contributed by atoms with Crippen molar-refractivity contribution in [2.45, 2.75) is 117 Å². The minimum Gasteiger partial charge on any atom is -0.380 e. The monoisotopic (exact) mass is 718 g/mol. The number of hydrogen-bond acceptors (Lipinski definition) is 8. The molecule has 0 aliphatic carbocycles. The normalized spacial score (nSPS) is 20.3. The lowest BCUT2D eigenvalue weighted by atomic mass is 9.89. The second-order valence-corrected chi connectivity index (χ2v) is 14.8. The summed E-state index contributed by atoms with van der Waals surface area (Å²) >= 11 is 0. The molecular formula is C39H67N5O7. The first-order valence-corrected chi connectivity index (χ1v) is 18.6. The molecule has 0 radical (unpaired) electrons. The Kier molecular flexibility index (Phi) is 18.6. The molecule has 9 atom stereocenters. The summed E-state index contributed by atoms with van der Waals surface area (Å²) in [7, 11) is 8.22. The number of hydrogen-bond donors (Lipinski definition) is 3. The van der Waals surface area contributed by atoms with Crippen LogP contribution < -0.4 is 16.0 Å². The number of rotatable bonds is 21. The number of nitrogens with one attached hydrogen (secondary N) is 3. The highest BCUT2D eigenvalue weighted by Gasteiger charge is 2.45. The molecule has 0 spiro atoms. The first-order chi connectivity index (χ1) is 24.2. The van der Waals surface area contributed by atoms with Gasteiger partial charge in [0.05, 0.1) is 48.8 Å². The largest absolute Gasteiger partial charge is 0.380 e. The smallest absolute Gasteiger partial charge is 0.245 e. The van der Waals surface area contributed by atoms with Crippen LogP contribution in [0.2, 0.25) is 0 Å². The molecule has 3 N–H and O–H groups in total. The van der Waals surface area contributed by atoms with Crippen LogP contribution in [-0.2, 0) is 39.8 Å². The van der Waals surface area contributed by atoms with E-state index in [-0.39, 0.29) is 53.9 Å². The number of carbonyl (C=O) groups is 4. The minimum atomic E-state index is -0.759. The number of nitrogens with zero attached hydrogens (tertiary/aromatic N) is 2. The second kappa shape index (κ2) is 21.5. The summed E-state index contributed by atoms with van der Waals surface area (Å²) in [6.45, 7) is 14.5. The second-order valence-electron chi connectivity index (χ2n) is 14.8. The van der Waals surface area contributed by atoms with Crippen molar-refractivity contribution in [3.63, 3.8) is 0 Å². The lowest BCUT2D eigenvalue weighted by Gasteiger charge is -2.41. The van der Waals surface area contributed by atoms with Crippen LogP contribution in [0.5, 0.6) is 0 Å². The maximum Gasteiger partial charge on any atom is 0.245 e. The van der Waals surface area contributed by atoms with E-state index < -0.39 is 42.3 Å². The van der Waals surface area contributed by atoms with Crippen molar-refractivity contribution in [1.82, 2.24) is 25.8 Å². The number of ether oxygens (including phenoxy) is 3. The van der Waals surface area contributed by atoms with Crippen LogP contribution in [-0.4, -0.2) is 124 Å². The van der Waals surface area contributed by atoms with Crippen molar-refractivity contribution in [3.8, 4) is 0 Å². The summed E-state index contributed by atoms with van der Waals surface area (Å²) in [6, 6.07) is 7.92. The molecule has 2 rings (SSSR count). The maximum absolute atomic E-state index is 14.3. The van der Waals surface area contributed by atoms with E-state index in [1.165, 1.54) is 0 Å². The van der Waals surface area contributed by atoms with Gasteiger partial charge in [-0.15, -0.1) is 0 Å². The summed E-state index contributed by atoms with van der Waals surface area (Å²) in [6.07, 6.45) is 0.567. The molecule has 12 nitrogen and oxygen atoms in total. The molecule has 51 heavy (non-hydrogen) atoms. The Bertz CT molecular complexity index is 1230. The highest BCUT2D eigenvalue weighted by Crippen LogP contribution is 2.30. The molecule has 1 aliphatic heterocycles. The highest BCUT2D eigenvalue weighted by molar-refractivity contribution is 5.90. The molecule has 12 heteroatoms. The van der Waals surface area contributed by atoms with E-state index >= 15 is 0 Å². The Morgan fingerprint density at radius 2 is 1.55 bits per heavy atom. The Labute approximate surface area is 307 Å². The highest BCUT2D eigenvalue weighted by atomic mass is 16.5. The number of amides is 4. The third-order valence-electron chi connectivity index (χ3n) is 10.6. The molecule has 0 bridgehead atoms. The van der Waals surface area contributed by atoms with Gasteiger partial charge in [0.1, 0.15) is 6.04 Å². The standard InChI is InChI=1S/C39H67N5O7/c1-13-26(6)35(43(9)39(48)34(25(4)5)42-38(47)33(40-8)24(2)3)31(50-11)22-32(45)44-23-29(49-10)21-30(44)36(51-12)27(7)37(46)41-20-19-28-17-15-14-16-18-28/h14-18,24-27,29-31,33-36,40H,13,19-23H2,1-12H3,(H,41,46)(H,42,47)/t26-,27+,29-,30-,31+,33-,34-,35-,36+/m0/s1. The number of likely N-dealkylation sites (N-methyl/N-ethyl adjacent to an activating group) is 2. The van der Waals surface area contributed by atoms with Crippen molar-refractivity contribution in [2.24, 2.45) is 23.7 Å². The van der Waals surface area contributed by atoms with Crippen LogP contribution in [0.4, 0.5) is 0 Å². The van der Waals surface area contributed by atoms with Crippen LogP contribution >= 0.6 is 0 Å². The van der Waals surface area contributed by atoms with Crippen LogP contribution in [0, 0.1) is 23.7 Å². The fourth-order valence-electron chi connectivity index (χ4n) is 7.34. The number of benzene rings is 1. The van der Waals surface area contributed by atoms with Gasteiger partial charge < -0.3 is 40.0 Å². The van der Waals surface area contributed by atoms with Gasteiger partial charge in [-0.25, -0.2) is 0 Å². The minimum absolute atomic E-state index is 0.0119. The van der Waals surface area contributed by atoms with Gasteiger partial charge in [-0.3, -0.25) is 19.2 Å². The number of methoxy groups -OCH3 is 3. The molecule has 4 amide bonds. The van der Waals surface area contributed by atoms with Gasteiger partial charge >= 0.3 is 0 Å². The van der Waals surface area contributed by atoms with Gasteiger partial charge in [0.25, 0.3) is 0 Å². The zero-order valence-electron chi connectivity index (χ0n) is 33.2. The predicted octanol–water partition coefficient (Wildman–Crippen LogP) is 3.28. The van der Waals surface area contributed by atoms with Gasteiger partial charge in [0, 0.05) is 41.5 Å². The van der Waals surface area contributed by atoms with Crippen LogP contribution in [0.15, 0.2) is 30.3 Å². The van der Waals surface area contributed by atoms with E-state index in [9.17, 15) is 19.2 Å². The first-order valence-electron chi connectivity index (χ1n) is 18.6. The lowest BCUT2D eigenvalue weighted by Crippen LogP contribution is -2.59. The third-order valence-corrected chi connectivity index (χ3v) is 10.6. The van der Waals surface area contributed by atoms with Crippen molar-refractivity contribution in [2.75, 3.05) is 48.5 Å². The van der Waals surface area contributed by atoms with Crippen LogP contribution in [0.3, 0.4) is 0 Å². The summed E-state index contributed by atoms with van der Waals surface area (Å²) in [4.78, 5) is 58.4. The summed E-state index contributed by atoms with van der Waals surface area (Å²) in [5.74, 6) is -1.46. The fourth-order valence-corrected chi connectivity index (χ4v) is 7.34. The van der Waals surface area contributed by atoms with Crippen molar-refractivity contribution >= 4 is 23.6 Å². The SMILES string of the molecule is CC[C@H](C)[C@@H]([C@@H](CC(=O)N1C[C@@H](OC)C[C@H]1[C@H](OC)[C@@H](C)C(=O)NCCc1ccccc1)OC)N(C)C(=O)[C@@H](NC(=O)[C@@H](NC)C(C)C)C(C)C. The van der Waals surface area contributed by atoms with E-state index in [0.717, 1.165) is 12.0 Å². The lowest BCUT2D eigenvalue weighted by molar-refractivity contribution is -0.147. The van der Waals surface area contributed by atoms with E-state index in [2.05, 4.69) is 16.0 Å². The summed E-state index contributed by atoms with van der Waals surface area (Å²) in [5, 5.41) is 9.08. The van der Waals surface area contributed by atoms with Crippen molar-refractivity contribution < 1.29 is 33.4 Å². The predicted molar refractivity (Wildman–Crippen MR) is 200 cm³/mol. The topological polar surface area (TPSA) is 139 Å². The molecule has 1 heterocycles. The Morgan fingerprint density at radius 1 is 0.922 bits per heavy atom. The molecule has 0 unspecified atom stereocenters. The Morgan fingerprint density at radius 3 is 2.06 bits per heavy atom. The molecule has 290 valence electrons. The molecule has 0 aromatic heterocycles. The average molecular weight is 718 g/mol. The number of carbonyl (C=O) groups excluding carboxylic acids is 4. The number of likely N-dealkylation sites (tertiary alicyclic amines) is 1. The first kappa shape index (κ1) is 44.1. The fraction of sp³-hybridized carbons (Fsp3) is 0.744. The van der Waals surface area contributed by atoms with Gasteiger partial charge in [-0.1, -0.05) is 85.2 Å². The molecule has 0 saturated carbocycles. The van der Waals surface area contributed by atoms with E-state index in [0.29, 0.717) is 25.9 Å². The molecule has 1 aromatic rings. The van der Waals surface area contributed by atoms with Crippen molar-refractivity contribution in [3.05, 3.63) is 35.9 Å². The van der Waals surface area contributed by atoms with E-state index in [1.54, 1.807) is 45.2 Å². The Hall–Kier alpha value is -3.06. The third kappa shape index (κ3) is 12.0. The van der Waals surface area contributed by atoms with Crippen LogP contribution in [0.1, 0.15) is 73.3 Å². The molecule has 1 saturated heterocycles. The molecular weight excluding hydrogens is 650 g/mol. The summed E-state index contributed by atoms with van der Waals surface area (Å²) < 4.78 is 17.7. The van der Waals surface area contributed by atoms with Crippen molar-refractivity contribution in [1.29, 1.82) is 0 Å². The Balaban J connectivity index is 2.28. The van der Waals surface area contributed by atoms with Gasteiger partial charge in [-0.2, -0.15) is 0 Å². The molecule has 1 aliphatic rings. The quantitative estimate of drug-likeness (QED) is 0.176. The van der Waals surface area contributed by atoms with Gasteiger partial charge in [0.2, 0.25) is 23.6 Å². The van der Waals surface area contributed by atoms with E-state index in [1.807, 2.05) is 78.8 Å².